The highest BCUT2D eigenvalue weighted by Crippen LogP contribution is 2.18. The van der Waals surface area contributed by atoms with Gasteiger partial charge in [-0.25, -0.2) is 13.1 Å². The van der Waals surface area contributed by atoms with Crippen molar-refractivity contribution in [1.82, 2.24) is 4.72 Å². The molecule has 0 saturated heterocycles. The molecule has 19 heavy (non-hydrogen) atoms. The van der Waals surface area contributed by atoms with Gasteiger partial charge in [0.1, 0.15) is 0 Å². The summed E-state index contributed by atoms with van der Waals surface area (Å²) < 4.78 is 26.8. The maximum Gasteiger partial charge on any atom is 0.240 e. The van der Waals surface area contributed by atoms with E-state index in [-0.39, 0.29) is 17.5 Å². The van der Waals surface area contributed by atoms with Crippen LogP contribution in [0.25, 0.3) is 10.8 Å². The van der Waals surface area contributed by atoms with E-state index in [1.54, 1.807) is 12.1 Å². The minimum absolute atomic E-state index is 0.157. The topological polar surface area (TPSA) is 72.2 Å². The smallest absolute Gasteiger partial charge is 0.240 e. The number of fused-ring (bicyclic) bond motifs is 1. The van der Waals surface area contributed by atoms with E-state index in [0.717, 1.165) is 17.2 Å². The van der Waals surface area contributed by atoms with Gasteiger partial charge in [-0.2, -0.15) is 0 Å². The quantitative estimate of drug-likeness (QED) is 0.876. The molecule has 4 nitrogen and oxygen atoms in total. The summed E-state index contributed by atoms with van der Waals surface area (Å²) in [7, 11) is -3.49. The molecule has 0 aliphatic carbocycles. The van der Waals surface area contributed by atoms with Crippen molar-refractivity contribution in [3.05, 3.63) is 42.5 Å². The third-order valence-electron chi connectivity index (χ3n) is 3.09. The molecule has 5 heteroatoms. The standard InChI is InChI=1S/C14H18N2O2S/c1-2-13(15)10-16-19(17,18)14-8-7-11-5-3-4-6-12(11)9-14/h3-9,13,16H,2,10,15H2,1H3. The van der Waals surface area contributed by atoms with Crippen LogP contribution in [0.4, 0.5) is 0 Å². The van der Waals surface area contributed by atoms with Crippen molar-refractivity contribution >= 4 is 20.8 Å². The molecule has 1 atom stereocenters. The third kappa shape index (κ3) is 3.32. The van der Waals surface area contributed by atoms with Gasteiger partial charge in [0.2, 0.25) is 10.0 Å². The van der Waals surface area contributed by atoms with Gasteiger partial charge in [0, 0.05) is 12.6 Å². The second-order valence-corrected chi connectivity index (χ2v) is 6.30. The zero-order chi connectivity index (χ0) is 13.9. The van der Waals surface area contributed by atoms with Crippen LogP contribution in [-0.2, 0) is 10.0 Å². The molecule has 102 valence electrons. The lowest BCUT2D eigenvalue weighted by Gasteiger charge is -2.11. The van der Waals surface area contributed by atoms with Gasteiger partial charge in [-0.15, -0.1) is 0 Å². The Kier molecular flexibility index (Phi) is 4.19. The first-order valence-electron chi connectivity index (χ1n) is 6.27. The zero-order valence-electron chi connectivity index (χ0n) is 10.8. The predicted octanol–water partition coefficient (Wildman–Crippen LogP) is 1.86. The summed E-state index contributed by atoms with van der Waals surface area (Å²) in [6.07, 6.45) is 0.736. The Bertz CT molecular complexity index is 668. The lowest BCUT2D eigenvalue weighted by molar-refractivity contribution is 0.564. The van der Waals surface area contributed by atoms with Gasteiger partial charge in [-0.05, 0) is 29.3 Å². The predicted molar refractivity (Wildman–Crippen MR) is 77.4 cm³/mol. The first-order valence-corrected chi connectivity index (χ1v) is 7.75. The molecule has 0 fully saturated rings. The Labute approximate surface area is 113 Å². The van der Waals surface area contributed by atoms with E-state index in [1.165, 1.54) is 0 Å². The van der Waals surface area contributed by atoms with E-state index in [4.69, 9.17) is 5.73 Å². The molecule has 0 spiro atoms. The fourth-order valence-electron chi connectivity index (χ4n) is 1.78. The Morgan fingerprint density at radius 1 is 1.16 bits per heavy atom. The highest BCUT2D eigenvalue weighted by Gasteiger charge is 2.15. The summed E-state index contributed by atoms with van der Waals surface area (Å²) in [4.78, 5) is 0.273. The Morgan fingerprint density at radius 3 is 2.53 bits per heavy atom. The monoisotopic (exact) mass is 278 g/mol. The molecule has 0 radical (unpaired) electrons. The first kappa shape index (κ1) is 14.0. The van der Waals surface area contributed by atoms with Crippen LogP contribution in [0, 0.1) is 0 Å². The van der Waals surface area contributed by atoms with E-state index >= 15 is 0 Å². The second kappa shape index (κ2) is 5.69. The molecule has 3 N–H and O–H groups in total. The summed E-state index contributed by atoms with van der Waals surface area (Å²) in [6, 6.07) is 12.6. The molecular weight excluding hydrogens is 260 g/mol. The molecule has 0 bridgehead atoms. The van der Waals surface area contributed by atoms with Crippen LogP contribution in [0.1, 0.15) is 13.3 Å². The van der Waals surface area contributed by atoms with Crippen LogP contribution in [-0.4, -0.2) is 21.0 Å². The number of hydrogen-bond acceptors (Lipinski definition) is 3. The maximum atomic E-state index is 12.1. The maximum absolute atomic E-state index is 12.1. The fourth-order valence-corrected chi connectivity index (χ4v) is 2.91. The van der Waals surface area contributed by atoms with Gasteiger partial charge in [0.05, 0.1) is 4.90 Å². The van der Waals surface area contributed by atoms with E-state index in [9.17, 15) is 8.42 Å². The SMILES string of the molecule is CCC(N)CNS(=O)(=O)c1ccc2ccccc2c1. The Morgan fingerprint density at radius 2 is 1.84 bits per heavy atom. The van der Waals surface area contributed by atoms with Crippen molar-refractivity contribution in [2.45, 2.75) is 24.3 Å². The normalized spacial score (nSPS) is 13.6. The highest BCUT2D eigenvalue weighted by molar-refractivity contribution is 7.89. The lowest BCUT2D eigenvalue weighted by atomic mass is 10.1. The average Bonchev–Trinajstić information content (AvgIpc) is 2.44. The van der Waals surface area contributed by atoms with Crippen molar-refractivity contribution in [2.75, 3.05) is 6.54 Å². The van der Waals surface area contributed by atoms with Crippen LogP contribution in [0.3, 0.4) is 0 Å². The van der Waals surface area contributed by atoms with Crippen molar-refractivity contribution in [1.29, 1.82) is 0 Å². The molecule has 2 aromatic rings. The Hall–Kier alpha value is -1.43. The third-order valence-corrected chi connectivity index (χ3v) is 4.51. The highest BCUT2D eigenvalue weighted by atomic mass is 32.2. The first-order chi connectivity index (χ1) is 9.03. The fraction of sp³-hybridized carbons (Fsp3) is 0.286. The van der Waals surface area contributed by atoms with Crippen LogP contribution in [0.5, 0.6) is 0 Å². The summed E-state index contributed by atoms with van der Waals surface area (Å²) in [5.74, 6) is 0. The van der Waals surface area contributed by atoms with E-state index in [1.807, 2.05) is 37.3 Å². The van der Waals surface area contributed by atoms with Gasteiger partial charge in [0.25, 0.3) is 0 Å². The van der Waals surface area contributed by atoms with E-state index in [0.29, 0.717) is 0 Å². The molecule has 0 amide bonds. The second-order valence-electron chi connectivity index (χ2n) is 4.53. The number of nitrogens with one attached hydrogen (secondary N) is 1. The largest absolute Gasteiger partial charge is 0.327 e. The molecule has 2 aromatic carbocycles. The number of benzene rings is 2. The summed E-state index contributed by atoms with van der Waals surface area (Å²) in [5, 5.41) is 1.93. The molecule has 1 unspecified atom stereocenters. The number of sulfonamides is 1. The number of hydrogen-bond donors (Lipinski definition) is 2. The van der Waals surface area contributed by atoms with Gasteiger partial charge < -0.3 is 5.73 Å². The molecule has 0 heterocycles. The van der Waals surface area contributed by atoms with Crippen LogP contribution < -0.4 is 10.5 Å². The molecule has 0 aliphatic rings. The van der Waals surface area contributed by atoms with Crippen molar-refractivity contribution in [3.8, 4) is 0 Å². The van der Waals surface area contributed by atoms with Crippen molar-refractivity contribution in [2.24, 2.45) is 5.73 Å². The average molecular weight is 278 g/mol. The van der Waals surface area contributed by atoms with Gasteiger partial charge in [-0.3, -0.25) is 0 Å². The summed E-state index contributed by atoms with van der Waals surface area (Å²) in [6.45, 7) is 2.18. The summed E-state index contributed by atoms with van der Waals surface area (Å²) >= 11 is 0. The zero-order valence-corrected chi connectivity index (χ0v) is 11.7. The van der Waals surface area contributed by atoms with Gasteiger partial charge >= 0.3 is 0 Å². The van der Waals surface area contributed by atoms with E-state index < -0.39 is 10.0 Å². The van der Waals surface area contributed by atoms with Gasteiger partial charge in [-0.1, -0.05) is 37.3 Å². The minimum Gasteiger partial charge on any atom is -0.327 e. The van der Waals surface area contributed by atoms with Crippen LogP contribution >= 0.6 is 0 Å². The van der Waals surface area contributed by atoms with Crippen LogP contribution in [0.2, 0.25) is 0 Å². The molecule has 0 saturated carbocycles. The van der Waals surface area contributed by atoms with Gasteiger partial charge in [0.15, 0.2) is 0 Å². The summed E-state index contributed by atoms with van der Waals surface area (Å²) in [5.41, 5.74) is 5.72. The lowest BCUT2D eigenvalue weighted by Crippen LogP contribution is -2.36. The van der Waals surface area contributed by atoms with E-state index in [2.05, 4.69) is 4.72 Å². The van der Waals surface area contributed by atoms with Crippen molar-refractivity contribution in [3.63, 3.8) is 0 Å². The number of nitrogens with two attached hydrogens (primary N) is 1. The molecule has 0 aromatic heterocycles. The molecular formula is C14H18N2O2S. The minimum atomic E-state index is -3.49. The number of rotatable bonds is 5. The van der Waals surface area contributed by atoms with Crippen LogP contribution in [0.15, 0.2) is 47.4 Å². The molecule has 2 rings (SSSR count). The van der Waals surface area contributed by atoms with Crippen molar-refractivity contribution < 1.29 is 8.42 Å². The Balaban J connectivity index is 2.27. The molecule has 0 aliphatic heterocycles.